The molecule has 2 aromatic rings. The molecule has 7 nitrogen and oxygen atoms in total. The Morgan fingerprint density at radius 2 is 2.18 bits per heavy atom. The Labute approximate surface area is 128 Å². The Morgan fingerprint density at radius 1 is 1.32 bits per heavy atom. The molecule has 22 heavy (non-hydrogen) atoms. The summed E-state index contributed by atoms with van der Waals surface area (Å²) in [5, 5.41) is 4.22. The Hall–Kier alpha value is -2.44. The topological polar surface area (TPSA) is 73.1 Å². The molecule has 3 rings (SSSR count). The maximum Gasteiger partial charge on any atom is 0.316 e. The average molecular weight is 301 g/mol. The van der Waals surface area contributed by atoms with Crippen LogP contribution in [0.1, 0.15) is 41.5 Å². The first-order chi connectivity index (χ1) is 10.7. The molecule has 1 fully saturated rings. The van der Waals surface area contributed by atoms with Gasteiger partial charge < -0.3 is 9.64 Å². The molecule has 3 heterocycles. The largest absolute Gasteiger partial charge is 0.467 e. The number of carbonyl (C=O) groups excluding carboxylic acids is 1. The Kier molecular flexibility index (Phi) is 4.04. The highest BCUT2D eigenvalue weighted by Crippen LogP contribution is 2.31. The number of ether oxygens (including phenoxy) is 1. The summed E-state index contributed by atoms with van der Waals surface area (Å²) >= 11 is 0. The van der Waals surface area contributed by atoms with E-state index in [0.29, 0.717) is 5.69 Å². The molecule has 1 saturated heterocycles. The first-order valence-corrected chi connectivity index (χ1v) is 7.36. The lowest BCUT2D eigenvalue weighted by atomic mass is 9.98. The van der Waals surface area contributed by atoms with E-state index in [1.165, 1.54) is 7.11 Å². The lowest BCUT2D eigenvalue weighted by Crippen LogP contribution is -2.39. The fourth-order valence-electron chi connectivity index (χ4n) is 2.90. The van der Waals surface area contributed by atoms with Gasteiger partial charge in [-0.25, -0.2) is 4.98 Å². The second-order valence-corrected chi connectivity index (χ2v) is 5.32. The van der Waals surface area contributed by atoms with Crippen LogP contribution in [0.25, 0.3) is 0 Å². The van der Waals surface area contributed by atoms with Crippen molar-refractivity contribution in [1.82, 2.24) is 24.6 Å². The third kappa shape index (κ3) is 2.66. The first kappa shape index (κ1) is 14.5. The Bertz CT molecular complexity index is 669. The van der Waals surface area contributed by atoms with Crippen molar-refractivity contribution in [1.29, 1.82) is 0 Å². The zero-order chi connectivity index (χ0) is 15.5. The van der Waals surface area contributed by atoms with Crippen LogP contribution in [0.5, 0.6) is 6.01 Å². The molecule has 1 atom stereocenters. The van der Waals surface area contributed by atoms with Crippen LogP contribution in [0.4, 0.5) is 0 Å². The van der Waals surface area contributed by atoms with Crippen LogP contribution in [0.15, 0.2) is 24.5 Å². The molecule has 1 aliphatic heterocycles. The summed E-state index contributed by atoms with van der Waals surface area (Å²) in [5.74, 6) is -0.0911. The lowest BCUT2D eigenvalue weighted by molar-refractivity contribution is 0.0594. The van der Waals surface area contributed by atoms with Gasteiger partial charge in [-0.1, -0.05) is 0 Å². The van der Waals surface area contributed by atoms with Gasteiger partial charge in [0.2, 0.25) is 0 Å². The standard InChI is InChI=1S/C15H19N5O2/c1-19-12(7-9-17-19)13-5-3-4-10-20(13)14(21)11-6-8-16-15(18-11)22-2/h6-9,13H,3-5,10H2,1-2H3. The van der Waals surface area contributed by atoms with E-state index < -0.39 is 0 Å². The van der Waals surface area contributed by atoms with Gasteiger partial charge in [0, 0.05) is 26.0 Å². The van der Waals surface area contributed by atoms with Crippen LogP contribution in [0, 0.1) is 0 Å². The molecule has 0 aromatic carbocycles. The van der Waals surface area contributed by atoms with E-state index in [1.54, 1.807) is 18.5 Å². The van der Waals surface area contributed by atoms with Crippen LogP contribution < -0.4 is 4.74 Å². The number of likely N-dealkylation sites (tertiary alicyclic amines) is 1. The summed E-state index contributed by atoms with van der Waals surface area (Å²) in [7, 11) is 3.39. The minimum Gasteiger partial charge on any atom is -0.467 e. The zero-order valence-corrected chi connectivity index (χ0v) is 12.8. The van der Waals surface area contributed by atoms with Gasteiger partial charge in [-0.05, 0) is 31.4 Å². The third-order valence-electron chi connectivity index (χ3n) is 4.00. The Morgan fingerprint density at radius 3 is 2.91 bits per heavy atom. The summed E-state index contributed by atoms with van der Waals surface area (Å²) < 4.78 is 6.83. The fraction of sp³-hybridized carbons (Fsp3) is 0.467. The van der Waals surface area contributed by atoms with Gasteiger partial charge in [0.05, 0.1) is 18.8 Å². The number of nitrogens with zero attached hydrogens (tertiary/aromatic N) is 5. The van der Waals surface area contributed by atoms with E-state index in [2.05, 4.69) is 15.1 Å². The molecular formula is C15H19N5O2. The number of piperidine rings is 1. The predicted molar refractivity (Wildman–Crippen MR) is 79.4 cm³/mol. The number of hydrogen-bond acceptors (Lipinski definition) is 5. The monoisotopic (exact) mass is 301 g/mol. The van der Waals surface area contributed by atoms with Gasteiger partial charge >= 0.3 is 6.01 Å². The van der Waals surface area contributed by atoms with Gasteiger partial charge in [0.25, 0.3) is 5.91 Å². The molecule has 0 spiro atoms. The summed E-state index contributed by atoms with van der Waals surface area (Å²) in [6.07, 6.45) is 6.35. The number of hydrogen-bond donors (Lipinski definition) is 0. The second kappa shape index (κ2) is 6.13. The maximum absolute atomic E-state index is 12.8. The molecular weight excluding hydrogens is 282 g/mol. The van der Waals surface area contributed by atoms with Crippen LogP contribution >= 0.6 is 0 Å². The highest BCUT2D eigenvalue weighted by molar-refractivity contribution is 5.92. The molecule has 0 aliphatic carbocycles. The van der Waals surface area contributed by atoms with Gasteiger partial charge in [-0.3, -0.25) is 9.48 Å². The number of methoxy groups -OCH3 is 1. The highest BCUT2D eigenvalue weighted by atomic mass is 16.5. The van der Waals surface area contributed by atoms with Crippen LogP contribution in [0.3, 0.4) is 0 Å². The van der Waals surface area contributed by atoms with Crippen molar-refractivity contribution in [3.63, 3.8) is 0 Å². The van der Waals surface area contributed by atoms with Crippen LogP contribution in [0.2, 0.25) is 0 Å². The molecule has 0 saturated carbocycles. The summed E-state index contributed by atoms with van der Waals surface area (Å²) in [6.45, 7) is 0.723. The summed E-state index contributed by atoms with van der Waals surface area (Å²) in [4.78, 5) is 22.8. The minimum atomic E-state index is -0.0911. The normalized spacial score (nSPS) is 18.3. The molecule has 7 heteroatoms. The molecule has 2 aromatic heterocycles. The number of aromatic nitrogens is 4. The van der Waals surface area contributed by atoms with Crippen molar-refractivity contribution >= 4 is 5.91 Å². The number of rotatable bonds is 3. The molecule has 1 aliphatic rings. The smallest absolute Gasteiger partial charge is 0.316 e. The van der Waals surface area contributed by atoms with Gasteiger partial charge in [-0.15, -0.1) is 0 Å². The summed E-state index contributed by atoms with van der Waals surface area (Å²) in [6, 6.07) is 3.84. The number of carbonyl (C=O) groups is 1. The van der Waals surface area contributed by atoms with E-state index in [4.69, 9.17) is 4.74 Å². The molecule has 1 amide bonds. The molecule has 1 unspecified atom stereocenters. The van der Waals surface area contributed by atoms with Crippen molar-refractivity contribution in [2.75, 3.05) is 13.7 Å². The van der Waals surface area contributed by atoms with Crippen molar-refractivity contribution in [2.24, 2.45) is 7.05 Å². The van der Waals surface area contributed by atoms with Gasteiger partial charge in [-0.2, -0.15) is 10.1 Å². The zero-order valence-electron chi connectivity index (χ0n) is 12.8. The van der Waals surface area contributed by atoms with Crippen molar-refractivity contribution in [2.45, 2.75) is 25.3 Å². The predicted octanol–water partition coefficient (Wildman–Crippen LogP) is 1.59. The van der Waals surface area contributed by atoms with E-state index in [1.807, 2.05) is 22.7 Å². The molecule has 0 bridgehead atoms. The van der Waals surface area contributed by atoms with E-state index in [-0.39, 0.29) is 18.0 Å². The average Bonchev–Trinajstić information content (AvgIpc) is 3.00. The lowest BCUT2D eigenvalue weighted by Gasteiger charge is -2.35. The van der Waals surface area contributed by atoms with Gasteiger partial charge in [0.1, 0.15) is 5.69 Å². The first-order valence-electron chi connectivity index (χ1n) is 7.36. The van der Waals surface area contributed by atoms with Crippen LogP contribution in [-0.2, 0) is 7.05 Å². The molecule has 116 valence electrons. The van der Waals surface area contributed by atoms with Crippen molar-refractivity contribution in [3.8, 4) is 6.01 Å². The highest BCUT2D eigenvalue weighted by Gasteiger charge is 2.31. The SMILES string of the molecule is COc1nccc(C(=O)N2CCCCC2c2ccnn2C)n1. The number of amides is 1. The maximum atomic E-state index is 12.8. The summed E-state index contributed by atoms with van der Waals surface area (Å²) in [5.41, 5.74) is 1.41. The van der Waals surface area contributed by atoms with E-state index in [0.717, 1.165) is 31.5 Å². The molecule has 0 radical (unpaired) electrons. The third-order valence-corrected chi connectivity index (χ3v) is 4.00. The van der Waals surface area contributed by atoms with Crippen molar-refractivity contribution in [3.05, 3.63) is 35.9 Å². The number of aryl methyl sites for hydroxylation is 1. The Balaban J connectivity index is 1.90. The van der Waals surface area contributed by atoms with E-state index >= 15 is 0 Å². The van der Waals surface area contributed by atoms with Crippen LogP contribution in [-0.4, -0.2) is 44.2 Å². The quantitative estimate of drug-likeness (QED) is 0.860. The minimum absolute atomic E-state index is 0.0368. The van der Waals surface area contributed by atoms with Crippen molar-refractivity contribution < 1.29 is 9.53 Å². The fourth-order valence-corrected chi connectivity index (χ4v) is 2.90. The van der Waals surface area contributed by atoms with E-state index in [9.17, 15) is 4.79 Å². The second-order valence-electron chi connectivity index (χ2n) is 5.32. The molecule has 0 N–H and O–H groups in total. The van der Waals surface area contributed by atoms with Gasteiger partial charge in [0.15, 0.2) is 0 Å².